The zero-order valence-corrected chi connectivity index (χ0v) is 20.5. The molecule has 0 amide bonds. The van der Waals surface area contributed by atoms with Gasteiger partial charge in [0.1, 0.15) is 5.75 Å². The molecule has 0 bridgehead atoms. The molecule has 0 saturated carbocycles. The molecule has 0 aromatic heterocycles. The van der Waals surface area contributed by atoms with Gasteiger partial charge in [-0.3, -0.25) is 9.05 Å². The molecule has 0 aliphatic rings. The van der Waals surface area contributed by atoms with Crippen molar-refractivity contribution in [3.8, 4) is 11.8 Å². The fraction of sp³-hybridized carbons (Fsp3) is 0.652. The Balaban J connectivity index is 2.54. The number of hydrogen-bond acceptors (Lipinski definition) is 6. The molecule has 0 spiro atoms. The minimum Gasteiger partial charge on any atom is -0.479 e. The van der Waals surface area contributed by atoms with Crippen LogP contribution in [0.5, 0.6) is 5.75 Å². The average molecular weight is 488 g/mol. The van der Waals surface area contributed by atoms with Crippen molar-refractivity contribution >= 4 is 25.4 Å². The number of nitriles is 1. The number of para-hydroxylation sites is 1. The summed E-state index contributed by atoms with van der Waals surface area (Å²) in [5, 5.41) is 18.4. The van der Waals surface area contributed by atoms with E-state index >= 15 is 0 Å². The molecule has 0 saturated heterocycles. The van der Waals surface area contributed by atoms with Crippen LogP contribution in [0.1, 0.15) is 84.0 Å². The van der Waals surface area contributed by atoms with Crippen LogP contribution in [0.25, 0.3) is 0 Å². The Labute approximate surface area is 196 Å². The summed E-state index contributed by atoms with van der Waals surface area (Å²) in [6, 6.07) is 8.17. The van der Waals surface area contributed by atoms with Gasteiger partial charge in [-0.2, -0.15) is 5.26 Å². The Morgan fingerprint density at radius 1 is 1.09 bits per heavy atom. The van der Waals surface area contributed by atoms with E-state index in [1.54, 1.807) is 12.1 Å². The van der Waals surface area contributed by atoms with Crippen LogP contribution in [-0.2, 0) is 18.4 Å². The second-order valence-electron chi connectivity index (χ2n) is 7.61. The standard InChI is InChI=1S/C23H35ClNO6P/c1-2-3-4-5-6-7-8-9-10-11-17-22(23(26)27)31-32(28,29-19-14-18-25)30-21-16-13-12-15-20(21)24/h12-13,15-16,22H,2-11,14,17,19H2,1H3,(H,26,27). The van der Waals surface area contributed by atoms with E-state index in [0.717, 1.165) is 19.3 Å². The van der Waals surface area contributed by atoms with E-state index in [4.69, 9.17) is 30.4 Å². The van der Waals surface area contributed by atoms with Crippen LogP contribution in [0.15, 0.2) is 24.3 Å². The molecule has 1 aromatic carbocycles. The second-order valence-corrected chi connectivity index (χ2v) is 9.57. The van der Waals surface area contributed by atoms with Crippen LogP contribution >= 0.6 is 19.4 Å². The lowest BCUT2D eigenvalue weighted by Crippen LogP contribution is -2.24. The van der Waals surface area contributed by atoms with Gasteiger partial charge in [-0.15, -0.1) is 0 Å². The molecule has 0 fully saturated rings. The molecule has 2 atom stereocenters. The van der Waals surface area contributed by atoms with Crippen LogP contribution in [0.3, 0.4) is 0 Å². The first-order chi connectivity index (χ1) is 15.4. The van der Waals surface area contributed by atoms with Gasteiger partial charge in [0.25, 0.3) is 0 Å². The molecule has 1 N–H and O–H groups in total. The summed E-state index contributed by atoms with van der Waals surface area (Å²) in [5.74, 6) is -1.19. The summed E-state index contributed by atoms with van der Waals surface area (Å²) in [6.07, 6.45) is 9.95. The van der Waals surface area contributed by atoms with Gasteiger partial charge in [-0.25, -0.2) is 9.36 Å². The number of hydrogen-bond donors (Lipinski definition) is 1. The van der Waals surface area contributed by atoms with Crippen LogP contribution in [0.4, 0.5) is 0 Å². The molecular formula is C23H35ClNO6P. The van der Waals surface area contributed by atoms with Crippen molar-refractivity contribution in [3.05, 3.63) is 29.3 Å². The summed E-state index contributed by atoms with van der Waals surface area (Å²) in [5.41, 5.74) is 0. The maximum Gasteiger partial charge on any atom is 0.530 e. The number of halogens is 1. The molecule has 1 rings (SSSR count). The highest BCUT2D eigenvalue weighted by molar-refractivity contribution is 7.49. The molecule has 0 heterocycles. The number of rotatable bonds is 19. The largest absolute Gasteiger partial charge is 0.530 e. The third-order valence-electron chi connectivity index (χ3n) is 4.86. The second kappa shape index (κ2) is 17.0. The fourth-order valence-corrected chi connectivity index (χ4v) is 4.72. The maximum absolute atomic E-state index is 13.1. The van der Waals surface area contributed by atoms with Gasteiger partial charge in [0, 0.05) is 0 Å². The number of phosphoric ester groups is 1. The Bertz CT molecular complexity index is 754. The van der Waals surface area contributed by atoms with Gasteiger partial charge < -0.3 is 9.63 Å². The average Bonchev–Trinajstić information content (AvgIpc) is 2.76. The van der Waals surface area contributed by atoms with E-state index in [-0.39, 0.29) is 30.2 Å². The highest BCUT2D eigenvalue weighted by Gasteiger charge is 2.36. The highest BCUT2D eigenvalue weighted by atomic mass is 35.5. The predicted molar refractivity (Wildman–Crippen MR) is 125 cm³/mol. The minimum absolute atomic E-state index is 0.0462. The normalized spacial score (nSPS) is 13.8. The van der Waals surface area contributed by atoms with E-state index in [1.165, 1.54) is 50.7 Å². The maximum atomic E-state index is 13.1. The molecule has 0 aliphatic heterocycles. The molecule has 0 aliphatic carbocycles. The van der Waals surface area contributed by atoms with Gasteiger partial charge in [-0.05, 0) is 18.6 Å². The predicted octanol–water partition coefficient (Wildman–Crippen LogP) is 7.54. The third kappa shape index (κ3) is 12.5. The molecule has 2 unspecified atom stereocenters. The van der Waals surface area contributed by atoms with E-state index in [1.807, 2.05) is 6.07 Å². The van der Waals surface area contributed by atoms with Crippen LogP contribution in [0, 0.1) is 11.3 Å². The summed E-state index contributed by atoms with van der Waals surface area (Å²) < 4.78 is 29.0. The van der Waals surface area contributed by atoms with Gasteiger partial charge in [0.05, 0.1) is 24.1 Å². The topological polar surface area (TPSA) is 106 Å². The Morgan fingerprint density at radius 2 is 1.69 bits per heavy atom. The first-order valence-corrected chi connectivity index (χ1v) is 13.2. The fourth-order valence-electron chi connectivity index (χ4n) is 3.11. The van der Waals surface area contributed by atoms with Crippen molar-refractivity contribution < 1.29 is 28.0 Å². The van der Waals surface area contributed by atoms with Crippen molar-refractivity contribution in [1.29, 1.82) is 5.26 Å². The molecule has 1 aromatic rings. The van der Waals surface area contributed by atoms with Crippen molar-refractivity contribution in [2.24, 2.45) is 0 Å². The Hall–Kier alpha value is -1.58. The van der Waals surface area contributed by atoms with Gasteiger partial charge in [0.2, 0.25) is 0 Å². The summed E-state index contributed by atoms with van der Waals surface area (Å²) in [7, 11) is -4.30. The van der Waals surface area contributed by atoms with Crippen LogP contribution in [0.2, 0.25) is 5.02 Å². The lowest BCUT2D eigenvalue weighted by atomic mass is 10.0. The number of unbranched alkanes of at least 4 members (excludes halogenated alkanes) is 9. The number of aliphatic carboxylic acids is 1. The number of carboxylic acids is 1. The smallest absolute Gasteiger partial charge is 0.479 e. The van der Waals surface area contributed by atoms with E-state index in [0.29, 0.717) is 6.42 Å². The van der Waals surface area contributed by atoms with Gasteiger partial charge in [0.15, 0.2) is 6.10 Å². The Morgan fingerprint density at radius 3 is 2.25 bits per heavy atom. The SMILES string of the molecule is CCCCCCCCCCCCC(OP(=O)(OCCC#N)Oc1ccccc1Cl)C(=O)O. The molecule has 0 radical (unpaired) electrons. The van der Waals surface area contributed by atoms with E-state index in [9.17, 15) is 14.5 Å². The lowest BCUT2D eigenvalue weighted by molar-refractivity contribution is -0.146. The summed E-state index contributed by atoms with van der Waals surface area (Å²) in [4.78, 5) is 11.7. The van der Waals surface area contributed by atoms with Crippen LogP contribution in [-0.4, -0.2) is 23.8 Å². The van der Waals surface area contributed by atoms with Crippen molar-refractivity contribution in [3.63, 3.8) is 0 Å². The number of carbonyl (C=O) groups is 1. The van der Waals surface area contributed by atoms with E-state index in [2.05, 4.69) is 6.92 Å². The van der Waals surface area contributed by atoms with Crippen molar-refractivity contribution in [1.82, 2.24) is 0 Å². The van der Waals surface area contributed by atoms with Gasteiger partial charge in [-0.1, -0.05) is 94.9 Å². The summed E-state index contributed by atoms with van der Waals surface area (Å²) in [6.45, 7) is 1.98. The molecular weight excluding hydrogens is 453 g/mol. The lowest BCUT2D eigenvalue weighted by Gasteiger charge is -2.22. The molecule has 9 heteroatoms. The van der Waals surface area contributed by atoms with Crippen molar-refractivity contribution in [2.45, 2.75) is 90.1 Å². The van der Waals surface area contributed by atoms with Gasteiger partial charge >= 0.3 is 13.8 Å². The molecule has 180 valence electrons. The zero-order chi connectivity index (χ0) is 23.7. The zero-order valence-electron chi connectivity index (χ0n) is 18.8. The first kappa shape index (κ1) is 28.5. The van der Waals surface area contributed by atoms with Crippen LogP contribution < -0.4 is 4.52 Å². The number of phosphoric acid groups is 1. The molecule has 32 heavy (non-hydrogen) atoms. The van der Waals surface area contributed by atoms with E-state index < -0.39 is 19.9 Å². The first-order valence-electron chi connectivity index (χ1n) is 11.4. The number of nitrogens with zero attached hydrogens (tertiary/aromatic N) is 1. The quantitative estimate of drug-likeness (QED) is 0.159. The third-order valence-corrected chi connectivity index (χ3v) is 6.61. The Kier molecular flexibility index (Phi) is 15.1. The molecule has 7 nitrogen and oxygen atoms in total. The monoisotopic (exact) mass is 487 g/mol. The highest BCUT2D eigenvalue weighted by Crippen LogP contribution is 2.52. The number of carboxylic acid groups (broad SMARTS) is 1. The minimum atomic E-state index is -4.30. The van der Waals surface area contributed by atoms with Crippen molar-refractivity contribution in [2.75, 3.05) is 6.61 Å². The summed E-state index contributed by atoms with van der Waals surface area (Å²) >= 11 is 6.04. The number of benzene rings is 1.